The van der Waals surface area contributed by atoms with Crippen LogP contribution >= 0.6 is 0 Å². The summed E-state index contributed by atoms with van der Waals surface area (Å²) in [5.41, 5.74) is 2.04. The number of hydrogen-bond acceptors (Lipinski definition) is 2. The maximum atomic E-state index is 10.6. The minimum Gasteiger partial charge on any atom is -0.481 e. The topological polar surface area (TPSA) is 55.1 Å². The number of aliphatic carboxylic acids is 1. The number of rotatable bonds is 1. The highest BCUT2D eigenvalue weighted by Crippen LogP contribution is 2.25. The molecule has 0 bridgehead atoms. The van der Waals surface area contributed by atoms with Crippen LogP contribution in [0.25, 0.3) is 0 Å². The summed E-state index contributed by atoms with van der Waals surface area (Å²) in [7, 11) is 1.86. The van der Waals surface area contributed by atoms with Gasteiger partial charge in [0, 0.05) is 19.7 Å². The van der Waals surface area contributed by atoms with Crippen molar-refractivity contribution in [1.82, 2.24) is 9.78 Å². The van der Waals surface area contributed by atoms with Crippen molar-refractivity contribution < 1.29 is 9.90 Å². The molecular formula is C8H10N2O2. The van der Waals surface area contributed by atoms with Crippen LogP contribution in [0.1, 0.15) is 11.3 Å². The smallest absolute Gasteiger partial charge is 0.307 e. The number of carboxylic acid groups (broad SMARTS) is 1. The summed E-state index contributed by atoms with van der Waals surface area (Å²) in [6, 6.07) is 0. The fourth-order valence-electron chi connectivity index (χ4n) is 1.67. The van der Waals surface area contributed by atoms with Crippen LogP contribution in [0.3, 0.4) is 0 Å². The van der Waals surface area contributed by atoms with Gasteiger partial charge in [-0.1, -0.05) is 0 Å². The Labute approximate surface area is 69.8 Å². The monoisotopic (exact) mass is 166 g/mol. The molecule has 1 heterocycles. The molecule has 1 N–H and O–H groups in total. The predicted octanol–water partition coefficient (Wildman–Crippen LogP) is 0.219. The van der Waals surface area contributed by atoms with E-state index in [1.807, 2.05) is 13.2 Å². The van der Waals surface area contributed by atoms with Crippen LogP contribution in [-0.2, 0) is 24.7 Å². The van der Waals surface area contributed by atoms with E-state index in [2.05, 4.69) is 5.10 Å². The third-order valence-corrected chi connectivity index (χ3v) is 2.25. The van der Waals surface area contributed by atoms with E-state index in [1.165, 1.54) is 0 Å². The minimum atomic E-state index is -0.712. The molecule has 4 nitrogen and oxygen atoms in total. The molecule has 0 radical (unpaired) electrons. The predicted molar refractivity (Wildman–Crippen MR) is 41.7 cm³/mol. The maximum Gasteiger partial charge on any atom is 0.307 e. The van der Waals surface area contributed by atoms with E-state index in [9.17, 15) is 4.79 Å². The van der Waals surface area contributed by atoms with Crippen molar-refractivity contribution in [2.24, 2.45) is 13.0 Å². The number of nitrogens with zero attached hydrogens (tertiary/aromatic N) is 2. The summed E-state index contributed by atoms with van der Waals surface area (Å²) in [5.74, 6) is -0.959. The zero-order valence-electron chi connectivity index (χ0n) is 6.82. The summed E-state index contributed by atoms with van der Waals surface area (Å²) in [5, 5.41) is 12.9. The molecule has 12 heavy (non-hydrogen) atoms. The number of carbonyl (C=O) groups is 1. The number of aryl methyl sites for hydroxylation is 1. The summed E-state index contributed by atoms with van der Waals surface area (Å²) >= 11 is 0. The van der Waals surface area contributed by atoms with E-state index in [-0.39, 0.29) is 5.92 Å². The molecule has 64 valence electrons. The van der Waals surface area contributed by atoms with Gasteiger partial charge in [0.25, 0.3) is 0 Å². The van der Waals surface area contributed by atoms with Crippen molar-refractivity contribution in [2.45, 2.75) is 12.8 Å². The molecule has 1 aromatic heterocycles. The number of fused-ring (bicyclic) bond motifs is 1. The highest BCUT2D eigenvalue weighted by molar-refractivity contribution is 5.71. The van der Waals surface area contributed by atoms with E-state index < -0.39 is 5.97 Å². The Morgan fingerprint density at radius 3 is 3.08 bits per heavy atom. The van der Waals surface area contributed by atoms with Crippen molar-refractivity contribution in [3.8, 4) is 0 Å². The van der Waals surface area contributed by atoms with Crippen molar-refractivity contribution in [1.29, 1.82) is 0 Å². The molecule has 1 aromatic rings. The molecule has 1 unspecified atom stereocenters. The van der Waals surface area contributed by atoms with Gasteiger partial charge in [0.05, 0.1) is 11.6 Å². The van der Waals surface area contributed by atoms with Crippen LogP contribution in [-0.4, -0.2) is 20.9 Å². The van der Waals surface area contributed by atoms with E-state index in [0.717, 1.165) is 11.3 Å². The van der Waals surface area contributed by atoms with Gasteiger partial charge in [0.1, 0.15) is 0 Å². The first-order valence-electron chi connectivity index (χ1n) is 3.91. The highest BCUT2D eigenvalue weighted by atomic mass is 16.4. The third-order valence-electron chi connectivity index (χ3n) is 2.25. The van der Waals surface area contributed by atoms with Crippen molar-refractivity contribution in [3.63, 3.8) is 0 Å². The Kier molecular flexibility index (Phi) is 1.43. The summed E-state index contributed by atoms with van der Waals surface area (Å²) in [4.78, 5) is 10.6. The van der Waals surface area contributed by atoms with E-state index in [4.69, 9.17) is 5.11 Å². The first-order valence-corrected chi connectivity index (χ1v) is 3.91. The summed E-state index contributed by atoms with van der Waals surface area (Å²) < 4.78 is 1.74. The molecule has 2 rings (SSSR count). The van der Waals surface area contributed by atoms with Gasteiger partial charge >= 0.3 is 5.97 Å². The summed E-state index contributed by atoms with van der Waals surface area (Å²) in [6.07, 6.45) is 3.13. The second-order valence-corrected chi connectivity index (χ2v) is 3.22. The Bertz CT molecular complexity index is 306. The molecule has 1 aliphatic rings. The van der Waals surface area contributed by atoms with Gasteiger partial charge in [-0.25, -0.2) is 0 Å². The Morgan fingerprint density at radius 1 is 1.75 bits per heavy atom. The zero-order valence-corrected chi connectivity index (χ0v) is 6.82. The number of hydrogen-bond donors (Lipinski definition) is 1. The molecule has 0 amide bonds. The third kappa shape index (κ3) is 0.995. The van der Waals surface area contributed by atoms with E-state index >= 15 is 0 Å². The van der Waals surface area contributed by atoms with Gasteiger partial charge in [-0.15, -0.1) is 0 Å². The average molecular weight is 166 g/mol. The lowest BCUT2D eigenvalue weighted by atomic mass is 10.1. The lowest BCUT2D eigenvalue weighted by Crippen LogP contribution is -2.14. The molecule has 0 saturated heterocycles. The SMILES string of the molecule is Cn1cc2c(n1)CC(C(=O)O)C2. The quantitative estimate of drug-likeness (QED) is 0.649. The lowest BCUT2D eigenvalue weighted by molar-refractivity contribution is -0.141. The van der Waals surface area contributed by atoms with Gasteiger partial charge < -0.3 is 5.11 Å². The van der Waals surface area contributed by atoms with Crippen molar-refractivity contribution >= 4 is 5.97 Å². The number of aromatic nitrogens is 2. The van der Waals surface area contributed by atoms with Crippen LogP contribution in [0.15, 0.2) is 6.20 Å². The van der Waals surface area contributed by atoms with Gasteiger partial charge in [0.2, 0.25) is 0 Å². The molecular weight excluding hydrogens is 156 g/mol. The zero-order chi connectivity index (χ0) is 8.72. The largest absolute Gasteiger partial charge is 0.481 e. The van der Waals surface area contributed by atoms with Crippen molar-refractivity contribution in [2.75, 3.05) is 0 Å². The van der Waals surface area contributed by atoms with Gasteiger partial charge in [-0.2, -0.15) is 5.10 Å². The van der Waals surface area contributed by atoms with E-state index in [1.54, 1.807) is 4.68 Å². The number of carboxylic acids is 1. The Morgan fingerprint density at radius 2 is 2.50 bits per heavy atom. The van der Waals surface area contributed by atoms with Gasteiger partial charge in [0.15, 0.2) is 0 Å². The highest BCUT2D eigenvalue weighted by Gasteiger charge is 2.29. The van der Waals surface area contributed by atoms with Gasteiger partial charge in [-0.05, 0) is 12.0 Å². The summed E-state index contributed by atoms with van der Waals surface area (Å²) in [6.45, 7) is 0. The Balaban J connectivity index is 2.24. The molecule has 0 fully saturated rings. The molecule has 4 heteroatoms. The maximum absolute atomic E-state index is 10.6. The standard InChI is InChI=1S/C8H10N2O2/c1-10-4-6-2-5(8(11)12)3-7(6)9-10/h4-5H,2-3H2,1H3,(H,11,12). The average Bonchev–Trinajstić information content (AvgIpc) is 2.42. The second-order valence-electron chi connectivity index (χ2n) is 3.22. The molecule has 1 aliphatic carbocycles. The molecule has 0 aliphatic heterocycles. The molecule has 0 spiro atoms. The van der Waals surface area contributed by atoms with Crippen LogP contribution < -0.4 is 0 Å². The second kappa shape index (κ2) is 2.33. The van der Waals surface area contributed by atoms with Crippen LogP contribution in [0.5, 0.6) is 0 Å². The lowest BCUT2D eigenvalue weighted by Gasteiger charge is -2.00. The van der Waals surface area contributed by atoms with E-state index in [0.29, 0.717) is 12.8 Å². The minimum absolute atomic E-state index is 0.247. The first-order chi connectivity index (χ1) is 5.66. The molecule has 1 atom stereocenters. The van der Waals surface area contributed by atoms with Gasteiger partial charge in [-0.3, -0.25) is 9.48 Å². The van der Waals surface area contributed by atoms with Crippen LogP contribution in [0.4, 0.5) is 0 Å². The van der Waals surface area contributed by atoms with Crippen LogP contribution in [0.2, 0.25) is 0 Å². The fourth-order valence-corrected chi connectivity index (χ4v) is 1.67. The van der Waals surface area contributed by atoms with Crippen LogP contribution in [0, 0.1) is 5.92 Å². The molecule has 0 aromatic carbocycles. The Hall–Kier alpha value is -1.32. The fraction of sp³-hybridized carbons (Fsp3) is 0.500. The normalized spacial score (nSPS) is 20.9. The van der Waals surface area contributed by atoms with Crippen molar-refractivity contribution in [3.05, 3.63) is 17.5 Å². The molecule has 0 saturated carbocycles. The first kappa shape index (κ1) is 7.34.